The smallest absolute Gasteiger partial charge is 0.338 e. The number of para-hydroxylation sites is 1. The maximum atomic E-state index is 14.3. The Hall–Kier alpha value is -4.80. The van der Waals surface area contributed by atoms with E-state index < -0.39 is 17.8 Å². The summed E-state index contributed by atoms with van der Waals surface area (Å²) in [6.45, 7) is 2.13. The second-order valence-electron chi connectivity index (χ2n) is 10.3. The van der Waals surface area contributed by atoms with Crippen LogP contribution in [0.25, 0.3) is 11.8 Å². The number of nitrogens with zero attached hydrogens (tertiary/aromatic N) is 2. The molecule has 0 spiro atoms. The number of fused-ring (bicyclic) bond motifs is 1. The van der Waals surface area contributed by atoms with Crippen LogP contribution in [0.5, 0.6) is 11.5 Å². The van der Waals surface area contributed by atoms with Crippen molar-refractivity contribution in [1.82, 2.24) is 4.57 Å². The predicted octanol–water partition coefficient (Wildman–Crippen LogP) is 6.42. The lowest BCUT2D eigenvalue weighted by Gasteiger charge is -2.25. The first-order chi connectivity index (χ1) is 22.4. The molecule has 46 heavy (non-hydrogen) atoms. The van der Waals surface area contributed by atoms with Crippen LogP contribution in [0.4, 0.5) is 4.39 Å². The normalized spacial score (nSPS) is 14.4. The average Bonchev–Trinajstić information content (AvgIpc) is 3.38. The Kier molecular flexibility index (Phi) is 9.28. The van der Waals surface area contributed by atoms with Crippen LogP contribution >= 0.6 is 27.3 Å². The molecule has 10 heteroatoms. The van der Waals surface area contributed by atoms with Gasteiger partial charge in [-0.2, -0.15) is 0 Å². The van der Waals surface area contributed by atoms with Gasteiger partial charge in [-0.15, -0.1) is 0 Å². The zero-order chi connectivity index (χ0) is 32.2. The van der Waals surface area contributed by atoms with Gasteiger partial charge in [0, 0.05) is 15.6 Å². The molecule has 7 nitrogen and oxygen atoms in total. The second kappa shape index (κ2) is 13.7. The third-order valence-electron chi connectivity index (χ3n) is 7.37. The van der Waals surface area contributed by atoms with Gasteiger partial charge < -0.3 is 14.2 Å². The van der Waals surface area contributed by atoms with E-state index in [1.807, 2.05) is 66.7 Å². The zero-order valence-electron chi connectivity index (χ0n) is 24.9. The van der Waals surface area contributed by atoms with Crippen molar-refractivity contribution in [2.75, 3.05) is 13.7 Å². The number of carbonyl (C=O) groups excluding carboxylic acids is 1. The van der Waals surface area contributed by atoms with E-state index in [0.717, 1.165) is 10.0 Å². The molecule has 0 amide bonds. The van der Waals surface area contributed by atoms with Crippen molar-refractivity contribution >= 4 is 45.0 Å². The van der Waals surface area contributed by atoms with E-state index in [9.17, 15) is 14.0 Å². The number of carbonyl (C=O) groups is 1. The summed E-state index contributed by atoms with van der Waals surface area (Å²) in [5.74, 6) is -0.0512. The van der Waals surface area contributed by atoms with E-state index >= 15 is 0 Å². The minimum absolute atomic E-state index is 0.129. The van der Waals surface area contributed by atoms with E-state index in [-0.39, 0.29) is 24.3 Å². The summed E-state index contributed by atoms with van der Waals surface area (Å²) in [5.41, 5.74) is 3.03. The van der Waals surface area contributed by atoms with Gasteiger partial charge in [-0.3, -0.25) is 9.36 Å². The van der Waals surface area contributed by atoms with Crippen LogP contribution in [0.3, 0.4) is 0 Å². The number of rotatable bonds is 9. The Morgan fingerprint density at radius 3 is 2.43 bits per heavy atom. The molecule has 2 heterocycles. The first-order valence-electron chi connectivity index (χ1n) is 14.5. The van der Waals surface area contributed by atoms with E-state index in [1.54, 1.807) is 38.3 Å². The minimum Gasteiger partial charge on any atom is -0.493 e. The summed E-state index contributed by atoms with van der Waals surface area (Å²) >= 11 is 4.64. The molecule has 1 atom stereocenters. The molecule has 5 aromatic rings. The van der Waals surface area contributed by atoms with Gasteiger partial charge in [0.15, 0.2) is 16.3 Å². The van der Waals surface area contributed by atoms with E-state index in [0.29, 0.717) is 43.2 Å². The Bertz CT molecular complexity index is 2110. The maximum Gasteiger partial charge on any atom is 0.338 e. The van der Waals surface area contributed by atoms with Crippen molar-refractivity contribution in [3.05, 3.63) is 155 Å². The molecule has 0 radical (unpaired) electrons. The van der Waals surface area contributed by atoms with Crippen LogP contribution in [0.2, 0.25) is 0 Å². The maximum absolute atomic E-state index is 14.3. The highest BCUT2D eigenvalue weighted by molar-refractivity contribution is 9.10. The summed E-state index contributed by atoms with van der Waals surface area (Å²) in [7, 11) is 1.56. The number of methoxy groups -OCH3 is 1. The molecular formula is C36H28BrFN2O5S. The second-order valence-corrected chi connectivity index (χ2v) is 12.2. The fourth-order valence-electron chi connectivity index (χ4n) is 5.24. The molecule has 0 unspecified atom stereocenters. The molecule has 1 aliphatic heterocycles. The van der Waals surface area contributed by atoms with E-state index in [1.165, 1.54) is 28.0 Å². The lowest BCUT2D eigenvalue weighted by Crippen LogP contribution is -2.40. The fourth-order valence-corrected chi connectivity index (χ4v) is 6.50. The van der Waals surface area contributed by atoms with Gasteiger partial charge in [0.2, 0.25) is 0 Å². The number of benzene rings is 4. The predicted molar refractivity (Wildman–Crippen MR) is 179 cm³/mol. The van der Waals surface area contributed by atoms with Crippen molar-refractivity contribution in [3.8, 4) is 11.5 Å². The minimum atomic E-state index is -0.910. The van der Waals surface area contributed by atoms with Gasteiger partial charge >= 0.3 is 5.97 Å². The first kappa shape index (κ1) is 31.2. The van der Waals surface area contributed by atoms with Gasteiger partial charge in [-0.1, -0.05) is 94.0 Å². The first-order valence-corrected chi connectivity index (χ1v) is 16.1. The number of aromatic nitrogens is 1. The standard InChI is InChI=1S/C36H28BrFN2O5S/c1-3-44-35(42)30-31(23-8-5-4-6-9-23)39-36-40(32(30)24-14-18-27(38)19-15-24)34(41)29(46-36)20-25-10-7-11-28(43-2)33(25)45-21-22-12-16-26(37)17-13-22/h4-20,32H,3,21H2,1-2H3/b29-20-/t32-/m1/s1. The Morgan fingerprint density at radius 2 is 1.74 bits per heavy atom. The van der Waals surface area contributed by atoms with Gasteiger partial charge in [0.1, 0.15) is 12.4 Å². The molecule has 1 aliphatic rings. The number of ether oxygens (including phenoxy) is 3. The van der Waals surface area contributed by atoms with Gasteiger partial charge in [-0.25, -0.2) is 14.2 Å². The molecule has 0 fully saturated rings. The number of hydrogen-bond acceptors (Lipinski definition) is 7. The zero-order valence-corrected chi connectivity index (χ0v) is 27.3. The Labute approximate surface area is 276 Å². The monoisotopic (exact) mass is 698 g/mol. The topological polar surface area (TPSA) is 79.1 Å². The molecule has 232 valence electrons. The lowest BCUT2D eigenvalue weighted by molar-refractivity contribution is -0.138. The Balaban J connectivity index is 1.54. The van der Waals surface area contributed by atoms with Crippen LogP contribution < -0.4 is 24.4 Å². The van der Waals surface area contributed by atoms with E-state index in [4.69, 9.17) is 19.2 Å². The summed E-state index contributed by atoms with van der Waals surface area (Å²) in [4.78, 5) is 33.1. The lowest BCUT2D eigenvalue weighted by atomic mass is 9.93. The molecular weight excluding hydrogens is 671 g/mol. The number of esters is 1. The molecule has 0 aliphatic carbocycles. The highest BCUT2D eigenvalue weighted by atomic mass is 79.9. The van der Waals surface area contributed by atoms with Gasteiger partial charge in [0.05, 0.1) is 35.6 Å². The van der Waals surface area contributed by atoms with Crippen LogP contribution in [0.15, 0.2) is 117 Å². The van der Waals surface area contributed by atoms with Crippen molar-refractivity contribution in [2.24, 2.45) is 4.99 Å². The summed E-state index contributed by atoms with van der Waals surface area (Å²) in [6, 6.07) is 27.3. The molecule has 4 aromatic carbocycles. The van der Waals surface area contributed by atoms with Crippen molar-refractivity contribution in [2.45, 2.75) is 19.6 Å². The molecule has 6 rings (SSSR count). The van der Waals surface area contributed by atoms with Crippen LogP contribution in [-0.2, 0) is 16.1 Å². The number of halogens is 2. The summed E-state index contributed by atoms with van der Waals surface area (Å²) in [6.07, 6.45) is 1.74. The summed E-state index contributed by atoms with van der Waals surface area (Å²) in [5, 5.41) is 0. The van der Waals surface area contributed by atoms with Gasteiger partial charge in [-0.05, 0) is 54.5 Å². The third kappa shape index (κ3) is 6.31. The molecule has 0 saturated heterocycles. The molecule has 0 N–H and O–H groups in total. The van der Waals surface area contributed by atoms with Crippen LogP contribution in [0.1, 0.15) is 35.2 Å². The quantitative estimate of drug-likeness (QED) is 0.166. The van der Waals surface area contributed by atoms with Crippen molar-refractivity contribution in [1.29, 1.82) is 0 Å². The third-order valence-corrected chi connectivity index (χ3v) is 8.88. The van der Waals surface area contributed by atoms with Crippen molar-refractivity contribution in [3.63, 3.8) is 0 Å². The molecule has 0 saturated carbocycles. The largest absolute Gasteiger partial charge is 0.493 e. The number of thiazole rings is 1. The van der Waals surface area contributed by atoms with Crippen LogP contribution in [0, 0.1) is 5.82 Å². The highest BCUT2D eigenvalue weighted by Crippen LogP contribution is 2.36. The van der Waals surface area contributed by atoms with Crippen molar-refractivity contribution < 1.29 is 23.4 Å². The summed E-state index contributed by atoms with van der Waals surface area (Å²) < 4.78 is 34.2. The van der Waals surface area contributed by atoms with E-state index in [2.05, 4.69) is 15.9 Å². The fraction of sp³-hybridized carbons (Fsp3) is 0.139. The highest BCUT2D eigenvalue weighted by Gasteiger charge is 2.35. The van der Waals surface area contributed by atoms with Gasteiger partial charge in [0.25, 0.3) is 5.56 Å². The SMILES string of the molecule is CCOC(=O)C1=C(c2ccccc2)N=c2s/c(=C\c3cccc(OC)c3OCc3ccc(Br)cc3)c(=O)n2[C@@H]1c1ccc(F)cc1. The van der Waals surface area contributed by atoms with Crippen LogP contribution in [-0.4, -0.2) is 24.3 Å². The Morgan fingerprint density at radius 1 is 1.00 bits per heavy atom. The molecule has 0 bridgehead atoms. The number of hydrogen-bond donors (Lipinski definition) is 0. The average molecular weight is 700 g/mol. The molecule has 1 aromatic heterocycles.